The van der Waals surface area contributed by atoms with Crippen LogP contribution in [0.3, 0.4) is 0 Å². The summed E-state index contributed by atoms with van der Waals surface area (Å²) in [6, 6.07) is 7.56. The molecule has 0 unspecified atom stereocenters. The number of benzene rings is 1. The summed E-state index contributed by atoms with van der Waals surface area (Å²) in [4.78, 5) is 15.1. The van der Waals surface area contributed by atoms with Crippen LogP contribution >= 0.6 is 0 Å². The van der Waals surface area contributed by atoms with Crippen molar-refractivity contribution in [3.63, 3.8) is 0 Å². The molecule has 0 aliphatic heterocycles. The predicted molar refractivity (Wildman–Crippen MR) is 47.0 cm³/mol. The molecule has 1 heterocycles. The number of hydrogen-bond donors (Lipinski definition) is 0. The fourth-order valence-electron chi connectivity index (χ4n) is 1.19. The van der Waals surface area contributed by atoms with Gasteiger partial charge in [-0.25, -0.2) is 4.98 Å². The summed E-state index contributed by atoms with van der Waals surface area (Å²) in [5, 5.41) is 0. The molecular formula is C9H8N2O. The highest BCUT2D eigenvalue weighted by Gasteiger charge is 1.96. The number of aryl methyl sites for hydroxylation is 1. The van der Waals surface area contributed by atoms with Crippen LogP contribution in [0.15, 0.2) is 35.3 Å². The highest BCUT2D eigenvalue weighted by Crippen LogP contribution is 2.05. The molecule has 0 aliphatic rings. The third kappa shape index (κ3) is 0.906. The van der Waals surface area contributed by atoms with E-state index in [1.807, 2.05) is 24.3 Å². The van der Waals surface area contributed by atoms with E-state index in [1.165, 1.54) is 6.20 Å². The van der Waals surface area contributed by atoms with Crippen LogP contribution in [-0.4, -0.2) is 9.55 Å². The Labute approximate surface area is 69.3 Å². The maximum atomic E-state index is 11.1. The lowest BCUT2D eigenvalue weighted by Crippen LogP contribution is -2.16. The van der Waals surface area contributed by atoms with Crippen LogP contribution in [0.4, 0.5) is 0 Å². The van der Waals surface area contributed by atoms with Gasteiger partial charge in [0.25, 0.3) is 5.56 Å². The number of para-hydroxylation sites is 2. The minimum Gasteiger partial charge on any atom is -0.309 e. The first-order valence-electron chi connectivity index (χ1n) is 3.70. The van der Waals surface area contributed by atoms with Gasteiger partial charge in [-0.3, -0.25) is 4.79 Å². The number of fused-ring (bicyclic) bond motifs is 1. The van der Waals surface area contributed by atoms with E-state index in [-0.39, 0.29) is 5.56 Å². The first-order chi connectivity index (χ1) is 5.79. The first-order valence-corrected chi connectivity index (χ1v) is 3.70. The molecule has 0 radical (unpaired) electrons. The van der Waals surface area contributed by atoms with Crippen molar-refractivity contribution in [2.24, 2.45) is 7.05 Å². The quantitative estimate of drug-likeness (QED) is 0.574. The Morgan fingerprint density at radius 1 is 1.33 bits per heavy atom. The smallest absolute Gasteiger partial charge is 0.269 e. The topological polar surface area (TPSA) is 34.9 Å². The average molecular weight is 160 g/mol. The highest BCUT2D eigenvalue weighted by atomic mass is 16.1. The van der Waals surface area contributed by atoms with Gasteiger partial charge in [0.15, 0.2) is 0 Å². The molecule has 0 saturated heterocycles. The van der Waals surface area contributed by atoms with Crippen LogP contribution in [0.1, 0.15) is 0 Å². The lowest BCUT2D eigenvalue weighted by Gasteiger charge is -2.00. The molecule has 0 saturated carbocycles. The second-order valence-corrected chi connectivity index (χ2v) is 2.64. The third-order valence-corrected chi connectivity index (χ3v) is 1.89. The molecule has 1 aromatic carbocycles. The second-order valence-electron chi connectivity index (χ2n) is 2.64. The zero-order valence-electron chi connectivity index (χ0n) is 6.69. The molecule has 0 atom stereocenters. The monoisotopic (exact) mass is 160 g/mol. The number of hydrogen-bond acceptors (Lipinski definition) is 2. The van der Waals surface area contributed by atoms with Gasteiger partial charge < -0.3 is 4.57 Å². The van der Waals surface area contributed by atoms with Crippen LogP contribution in [0.2, 0.25) is 0 Å². The maximum absolute atomic E-state index is 11.1. The molecule has 2 aromatic rings. The molecule has 60 valence electrons. The summed E-state index contributed by atoms with van der Waals surface area (Å²) in [5.41, 5.74) is 1.64. The number of aromatic nitrogens is 2. The molecule has 12 heavy (non-hydrogen) atoms. The van der Waals surface area contributed by atoms with Crippen LogP contribution in [0, 0.1) is 0 Å². The van der Waals surface area contributed by atoms with Gasteiger partial charge in [-0.15, -0.1) is 0 Å². The van der Waals surface area contributed by atoms with E-state index in [2.05, 4.69) is 4.98 Å². The van der Waals surface area contributed by atoms with Crippen LogP contribution in [0.25, 0.3) is 11.0 Å². The normalized spacial score (nSPS) is 10.4. The standard InChI is InChI=1S/C9H8N2O/c1-11-8-5-3-2-4-7(8)10-6-9(11)12/h2-6H,1H3. The SMILES string of the molecule is Cn1c(=O)cnc2ccccc21. The molecule has 0 fully saturated rings. The van der Waals surface area contributed by atoms with E-state index in [0.29, 0.717) is 0 Å². The van der Waals surface area contributed by atoms with Crippen molar-refractivity contribution in [1.82, 2.24) is 9.55 Å². The fourth-order valence-corrected chi connectivity index (χ4v) is 1.19. The molecular weight excluding hydrogens is 152 g/mol. The highest BCUT2D eigenvalue weighted by molar-refractivity contribution is 5.73. The zero-order valence-corrected chi connectivity index (χ0v) is 6.69. The van der Waals surface area contributed by atoms with E-state index in [9.17, 15) is 4.79 Å². The average Bonchev–Trinajstić information content (AvgIpc) is 2.12. The largest absolute Gasteiger partial charge is 0.309 e. The fraction of sp³-hybridized carbons (Fsp3) is 0.111. The Morgan fingerprint density at radius 3 is 2.92 bits per heavy atom. The minimum absolute atomic E-state index is 0.0753. The summed E-state index contributed by atoms with van der Waals surface area (Å²) in [6.45, 7) is 0. The van der Waals surface area contributed by atoms with Gasteiger partial charge in [-0.05, 0) is 12.1 Å². The van der Waals surface area contributed by atoms with Crippen LogP contribution < -0.4 is 5.56 Å². The van der Waals surface area contributed by atoms with E-state index < -0.39 is 0 Å². The Bertz CT molecular complexity index is 473. The van der Waals surface area contributed by atoms with E-state index in [4.69, 9.17) is 0 Å². The van der Waals surface area contributed by atoms with Crippen molar-refractivity contribution in [2.45, 2.75) is 0 Å². The van der Waals surface area contributed by atoms with Gasteiger partial charge in [0.2, 0.25) is 0 Å². The molecule has 0 N–H and O–H groups in total. The molecule has 0 amide bonds. The molecule has 0 aliphatic carbocycles. The van der Waals surface area contributed by atoms with Gasteiger partial charge in [0, 0.05) is 7.05 Å². The summed E-state index contributed by atoms with van der Waals surface area (Å²) in [5.74, 6) is 0. The lowest BCUT2D eigenvalue weighted by atomic mass is 10.3. The number of rotatable bonds is 0. The number of nitrogens with zero attached hydrogens (tertiary/aromatic N) is 2. The van der Waals surface area contributed by atoms with Crippen LogP contribution in [0.5, 0.6) is 0 Å². The Hall–Kier alpha value is -1.64. The van der Waals surface area contributed by atoms with Crippen molar-refractivity contribution < 1.29 is 0 Å². The minimum atomic E-state index is -0.0753. The third-order valence-electron chi connectivity index (χ3n) is 1.89. The zero-order chi connectivity index (χ0) is 8.55. The lowest BCUT2D eigenvalue weighted by molar-refractivity contribution is 0.892. The van der Waals surface area contributed by atoms with Crippen molar-refractivity contribution >= 4 is 11.0 Å². The second kappa shape index (κ2) is 2.44. The Balaban J connectivity index is 3.01. The van der Waals surface area contributed by atoms with Gasteiger partial charge in [0.05, 0.1) is 17.2 Å². The molecule has 3 heteroatoms. The van der Waals surface area contributed by atoms with Gasteiger partial charge in [-0.1, -0.05) is 12.1 Å². The summed E-state index contributed by atoms with van der Waals surface area (Å²) in [7, 11) is 1.74. The van der Waals surface area contributed by atoms with Gasteiger partial charge in [0.1, 0.15) is 0 Å². The van der Waals surface area contributed by atoms with E-state index in [1.54, 1.807) is 11.6 Å². The summed E-state index contributed by atoms with van der Waals surface area (Å²) in [6.07, 6.45) is 1.34. The predicted octanol–water partition coefficient (Wildman–Crippen LogP) is 0.933. The first kappa shape index (κ1) is 7.03. The molecule has 0 spiro atoms. The van der Waals surface area contributed by atoms with Crippen molar-refractivity contribution in [3.8, 4) is 0 Å². The van der Waals surface area contributed by atoms with Crippen molar-refractivity contribution in [1.29, 1.82) is 0 Å². The van der Waals surface area contributed by atoms with Crippen molar-refractivity contribution in [3.05, 3.63) is 40.8 Å². The molecule has 2 rings (SSSR count). The van der Waals surface area contributed by atoms with Crippen molar-refractivity contribution in [2.75, 3.05) is 0 Å². The van der Waals surface area contributed by atoms with Crippen LogP contribution in [-0.2, 0) is 7.05 Å². The van der Waals surface area contributed by atoms with Gasteiger partial charge >= 0.3 is 0 Å². The maximum Gasteiger partial charge on any atom is 0.269 e. The molecule has 0 bridgehead atoms. The summed E-state index contributed by atoms with van der Waals surface area (Å²) < 4.78 is 1.59. The van der Waals surface area contributed by atoms with Gasteiger partial charge in [-0.2, -0.15) is 0 Å². The Kier molecular flexibility index (Phi) is 1.43. The molecule has 1 aromatic heterocycles. The molecule has 3 nitrogen and oxygen atoms in total. The summed E-state index contributed by atoms with van der Waals surface area (Å²) >= 11 is 0. The van der Waals surface area contributed by atoms with E-state index >= 15 is 0 Å². The Morgan fingerprint density at radius 2 is 2.08 bits per heavy atom. The van der Waals surface area contributed by atoms with E-state index in [0.717, 1.165) is 11.0 Å².